The third-order valence-electron chi connectivity index (χ3n) is 2.66. The lowest BCUT2D eigenvalue weighted by atomic mass is 9.94. The summed E-state index contributed by atoms with van der Waals surface area (Å²) in [6.07, 6.45) is 0. The van der Waals surface area contributed by atoms with E-state index in [4.69, 9.17) is 15.7 Å². The molecule has 0 aromatic rings. The van der Waals surface area contributed by atoms with E-state index in [-0.39, 0.29) is 17.5 Å². The van der Waals surface area contributed by atoms with Gasteiger partial charge in [-0.1, -0.05) is 5.16 Å². The number of nitrogens with zero attached hydrogens (tertiary/aromatic N) is 2. The number of hydrogen-bond acceptors (Lipinski definition) is 4. The zero-order valence-electron chi connectivity index (χ0n) is 8.32. The Morgan fingerprint density at radius 2 is 2.23 bits per heavy atom. The van der Waals surface area contributed by atoms with Crippen LogP contribution >= 0.6 is 0 Å². The van der Waals surface area contributed by atoms with E-state index >= 15 is 0 Å². The molecule has 1 rings (SSSR count). The van der Waals surface area contributed by atoms with Gasteiger partial charge in [-0.15, -0.1) is 0 Å². The first-order chi connectivity index (χ1) is 6.02. The number of oxime groups is 1. The molecule has 0 amide bonds. The molecule has 1 fully saturated rings. The summed E-state index contributed by atoms with van der Waals surface area (Å²) in [5.41, 5.74) is 5.41. The summed E-state index contributed by atoms with van der Waals surface area (Å²) in [6, 6.07) is -0.0202. The quantitative estimate of drug-likeness (QED) is 0.279. The number of hydrogen-bond donors (Lipinski definition) is 2. The van der Waals surface area contributed by atoms with Crippen LogP contribution in [0.1, 0.15) is 13.8 Å². The van der Waals surface area contributed by atoms with Crippen LogP contribution in [0, 0.1) is 0 Å². The van der Waals surface area contributed by atoms with E-state index < -0.39 is 0 Å². The van der Waals surface area contributed by atoms with Gasteiger partial charge >= 0.3 is 0 Å². The third-order valence-corrected chi connectivity index (χ3v) is 2.66. The summed E-state index contributed by atoms with van der Waals surface area (Å²) in [6.45, 7) is 5.59. The average Bonchev–Trinajstić information content (AvgIpc) is 2.10. The van der Waals surface area contributed by atoms with Gasteiger partial charge in [-0.25, -0.2) is 0 Å². The first-order valence-electron chi connectivity index (χ1n) is 4.29. The Bertz CT molecular complexity index is 211. The summed E-state index contributed by atoms with van der Waals surface area (Å²) in [7, 11) is 1.70. The van der Waals surface area contributed by atoms with Crippen molar-refractivity contribution in [3.8, 4) is 0 Å². The Hall–Kier alpha value is -0.810. The second-order valence-electron chi connectivity index (χ2n) is 3.76. The molecule has 1 saturated heterocycles. The second-order valence-corrected chi connectivity index (χ2v) is 3.76. The molecule has 76 valence electrons. The lowest BCUT2D eigenvalue weighted by Crippen LogP contribution is -2.65. The van der Waals surface area contributed by atoms with E-state index in [0.29, 0.717) is 0 Å². The van der Waals surface area contributed by atoms with Crippen LogP contribution in [0.25, 0.3) is 0 Å². The topological polar surface area (TPSA) is 71.1 Å². The maximum atomic E-state index is 8.47. The lowest BCUT2D eigenvalue weighted by Gasteiger charge is -2.49. The highest BCUT2D eigenvalue weighted by atomic mass is 16.5. The van der Waals surface area contributed by atoms with Crippen molar-refractivity contribution in [3.63, 3.8) is 0 Å². The van der Waals surface area contributed by atoms with Gasteiger partial charge in [0, 0.05) is 20.2 Å². The Balaban J connectivity index is 2.43. The van der Waals surface area contributed by atoms with E-state index in [9.17, 15) is 0 Å². The molecule has 0 aliphatic carbocycles. The molecule has 1 heterocycles. The van der Waals surface area contributed by atoms with Crippen LogP contribution < -0.4 is 5.73 Å². The van der Waals surface area contributed by atoms with E-state index in [2.05, 4.69) is 10.1 Å². The van der Waals surface area contributed by atoms with Gasteiger partial charge < -0.3 is 15.7 Å². The molecular formula is C8H17N3O2. The molecule has 13 heavy (non-hydrogen) atoms. The number of methoxy groups -OCH3 is 1. The minimum absolute atomic E-state index is 0.0202. The predicted octanol–water partition coefficient (Wildman–Crippen LogP) is -0.158. The monoisotopic (exact) mass is 187 g/mol. The number of ether oxygens (including phenoxy) is 1. The van der Waals surface area contributed by atoms with Crippen molar-refractivity contribution >= 4 is 5.84 Å². The molecule has 1 aliphatic rings. The largest absolute Gasteiger partial charge is 0.409 e. The van der Waals surface area contributed by atoms with Gasteiger partial charge in [0.1, 0.15) is 0 Å². The summed E-state index contributed by atoms with van der Waals surface area (Å²) >= 11 is 0. The van der Waals surface area contributed by atoms with Gasteiger partial charge in [0.2, 0.25) is 0 Å². The van der Waals surface area contributed by atoms with Crippen molar-refractivity contribution in [1.29, 1.82) is 0 Å². The van der Waals surface area contributed by atoms with E-state index in [1.54, 1.807) is 7.11 Å². The summed E-state index contributed by atoms with van der Waals surface area (Å²) < 4.78 is 5.28. The van der Waals surface area contributed by atoms with Crippen molar-refractivity contribution in [2.24, 2.45) is 10.9 Å². The Morgan fingerprint density at radius 3 is 2.62 bits per heavy atom. The smallest absolute Gasteiger partial charge is 0.156 e. The molecule has 1 aliphatic heterocycles. The van der Waals surface area contributed by atoms with Crippen molar-refractivity contribution in [3.05, 3.63) is 0 Å². The number of nitrogens with two attached hydrogens (primary N) is 1. The highest BCUT2D eigenvalue weighted by Crippen LogP contribution is 2.25. The molecule has 3 N–H and O–H groups in total. The average molecular weight is 187 g/mol. The van der Waals surface area contributed by atoms with Crippen molar-refractivity contribution < 1.29 is 9.94 Å². The number of rotatable bonds is 3. The standard InChI is InChI=1S/C8H17N3O2/c1-6(7(9)10-12)11-4-8(2,5-11)13-3/h6,12H,4-5H2,1-3H3,(H2,9,10). The maximum absolute atomic E-state index is 8.47. The fraction of sp³-hybridized carbons (Fsp3) is 0.875. The van der Waals surface area contributed by atoms with Crippen molar-refractivity contribution in [2.45, 2.75) is 25.5 Å². The van der Waals surface area contributed by atoms with Gasteiger partial charge in [-0.2, -0.15) is 0 Å². The van der Waals surface area contributed by atoms with Crippen LogP contribution in [0.4, 0.5) is 0 Å². The Labute approximate surface area is 78.1 Å². The normalized spacial score (nSPS) is 25.3. The molecular weight excluding hydrogens is 170 g/mol. The van der Waals surface area contributed by atoms with Gasteiger partial charge in [0.15, 0.2) is 5.84 Å². The minimum Gasteiger partial charge on any atom is -0.409 e. The summed E-state index contributed by atoms with van der Waals surface area (Å²) in [5.74, 6) is 0.248. The fourth-order valence-corrected chi connectivity index (χ4v) is 1.49. The molecule has 0 aromatic heterocycles. The first-order valence-corrected chi connectivity index (χ1v) is 4.29. The van der Waals surface area contributed by atoms with E-state index in [0.717, 1.165) is 13.1 Å². The van der Waals surface area contributed by atoms with Crippen LogP contribution in [0.15, 0.2) is 5.16 Å². The van der Waals surface area contributed by atoms with Gasteiger partial charge in [-0.3, -0.25) is 4.90 Å². The number of likely N-dealkylation sites (tertiary alicyclic amines) is 1. The molecule has 0 radical (unpaired) electrons. The predicted molar refractivity (Wildman–Crippen MR) is 49.9 cm³/mol. The maximum Gasteiger partial charge on any atom is 0.156 e. The van der Waals surface area contributed by atoms with E-state index in [1.165, 1.54) is 0 Å². The van der Waals surface area contributed by atoms with Gasteiger partial charge in [0.25, 0.3) is 0 Å². The zero-order chi connectivity index (χ0) is 10.1. The molecule has 5 heteroatoms. The van der Waals surface area contributed by atoms with Gasteiger partial charge in [0.05, 0.1) is 11.6 Å². The van der Waals surface area contributed by atoms with Crippen molar-refractivity contribution in [2.75, 3.05) is 20.2 Å². The summed E-state index contributed by atoms with van der Waals surface area (Å²) in [4.78, 5) is 2.10. The lowest BCUT2D eigenvalue weighted by molar-refractivity contribution is -0.116. The molecule has 1 unspecified atom stereocenters. The van der Waals surface area contributed by atoms with Crippen LogP contribution in [-0.2, 0) is 4.74 Å². The van der Waals surface area contributed by atoms with Crippen molar-refractivity contribution in [1.82, 2.24) is 4.90 Å². The number of amidine groups is 1. The van der Waals surface area contributed by atoms with Crippen LogP contribution in [0.3, 0.4) is 0 Å². The molecule has 5 nitrogen and oxygen atoms in total. The molecule has 0 spiro atoms. The van der Waals surface area contributed by atoms with Crippen LogP contribution in [0.5, 0.6) is 0 Å². The Morgan fingerprint density at radius 1 is 1.69 bits per heavy atom. The third kappa shape index (κ3) is 1.92. The highest BCUT2D eigenvalue weighted by molar-refractivity contribution is 5.84. The SMILES string of the molecule is COC1(C)CN(C(C)/C(N)=N/O)C1. The summed E-state index contributed by atoms with van der Waals surface area (Å²) in [5, 5.41) is 11.4. The molecule has 0 bridgehead atoms. The highest BCUT2D eigenvalue weighted by Gasteiger charge is 2.41. The Kier molecular flexibility index (Phi) is 2.77. The van der Waals surface area contributed by atoms with Crippen LogP contribution in [-0.4, -0.2) is 47.8 Å². The minimum atomic E-state index is -0.0655. The molecule has 0 saturated carbocycles. The molecule has 0 aromatic carbocycles. The first kappa shape index (κ1) is 10.3. The van der Waals surface area contributed by atoms with Gasteiger partial charge in [-0.05, 0) is 13.8 Å². The van der Waals surface area contributed by atoms with E-state index in [1.807, 2.05) is 13.8 Å². The zero-order valence-corrected chi connectivity index (χ0v) is 8.32. The van der Waals surface area contributed by atoms with Crippen LogP contribution in [0.2, 0.25) is 0 Å². The second kappa shape index (κ2) is 3.51. The fourth-order valence-electron chi connectivity index (χ4n) is 1.49. The molecule has 1 atom stereocenters.